The van der Waals surface area contributed by atoms with E-state index in [-0.39, 0.29) is 11.9 Å². The van der Waals surface area contributed by atoms with Gasteiger partial charge in [0.2, 0.25) is 5.91 Å². The Morgan fingerprint density at radius 2 is 1.94 bits per heavy atom. The monoisotopic (exact) mass is 433 g/mol. The highest BCUT2D eigenvalue weighted by molar-refractivity contribution is 7.15. The fourth-order valence-corrected chi connectivity index (χ4v) is 4.55. The maximum atomic E-state index is 13.0. The number of carbonyl (C=O) groups excluding carboxylic acids is 1. The Morgan fingerprint density at radius 1 is 1.13 bits per heavy atom. The van der Waals surface area contributed by atoms with Crippen LogP contribution < -0.4 is 5.32 Å². The number of piperidine rings is 1. The topological polar surface area (TPSA) is 71.0 Å². The number of hydrogen-bond acceptors (Lipinski definition) is 6. The average Bonchev–Trinajstić information content (AvgIpc) is 3.09. The van der Waals surface area contributed by atoms with Crippen LogP contribution in [-0.2, 0) is 4.79 Å². The number of aryl methyl sites for hydroxylation is 3. The van der Waals surface area contributed by atoms with E-state index in [0.717, 1.165) is 41.3 Å². The van der Waals surface area contributed by atoms with Crippen molar-refractivity contribution in [1.29, 1.82) is 0 Å². The minimum Gasteiger partial charge on any atom is -0.329 e. The molecule has 1 N–H and O–H groups in total. The Hall–Kier alpha value is -3.06. The Balaban J connectivity index is 1.56. The molecule has 7 heteroatoms. The minimum absolute atomic E-state index is 0.000610. The average molecular weight is 434 g/mol. The van der Waals surface area contributed by atoms with Crippen LogP contribution in [0.4, 0.5) is 10.9 Å². The number of likely N-dealkylation sites (tertiary alicyclic amines) is 1. The summed E-state index contributed by atoms with van der Waals surface area (Å²) in [5, 5.41) is 4.14. The van der Waals surface area contributed by atoms with E-state index in [1.54, 1.807) is 17.4 Å². The molecule has 1 atom stereocenters. The SMILES string of the molecule is Cc1cc(Nc2nc(C)c(C)s2)nc(C2CCCCN2C(=O)/C=C/c2ccccc2)n1. The first-order valence-corrected chi connectivity index (χ1v) is 11.4. The van der Waals surface area contributed by atoms with Crippen molar-refractivity contribution in [3.63, 3.8) is 0 Å². The zero-order valence-corrected chi connectivity index (χ0v) is 18.9. The number of rotatable bonds is 5. The predicted octanol–water partition coefficient (Wildman–Crippen LogP) is 5.37. The molecule has 1 amide bonds. The highest BCUT2D eigenvalue weighted by Crippen LogP contribution is 2.31. The molecule has 2 aromatic heterocycles. The van der Waals surface area contributed by atoms with E-state index in [4.69, 9.17) is 4.98 Å². The maximum absolute atomic E-state index is 13.0. The van der Waals surface area contributed by atoms with E-state index in [2.05, 4.69) is 22.2 Å². The van der Waals surface area contributed by atoms with Crippen molar-refractivity contribution in [2.24, 2.45) is 0 Å². The van der Waals surface area contributed by atoms with Crippen LogP contribution in [0, 0.1) is 20.8 Å². The van der Waals surface area contributed by atoms with Gasteiger partial charge in [-0.1, -0.05) is 30.3 Å². The van der Waals surface area contributed by atoms with Gasteiger partial charge < -0.3 is 10.2 Å². The molecule has 1 aliphatic heterocycles. The Labute approximate surface area is 187 Å². The number of nitrogens with zero attached hydrogens (tertiary/aromatic N) is 4. The molecule has 1 aromatic carbocycles. The number of thiazole rings is 1. The van der Waals surface area contributed by atoms with Crippen molar-refractivity contribution < 1.29 is 4.79 Å². The maximum Gasteiger partial charge on any atom is 0.247 e. The van der Waals surface area contributed by atoms with Crippen molar-refractivity contribution >= 4 is 34.3 Å². The number of nitrogens with one attached hydrogen (secondary N) is 1. The molecule has 0 spiro atoms. The van der Waals surface area contributed by atoms with Crippen molar-refractivity contribution in [2.45, 2.75) is 46.1 Å². The van der Waals surface area contributed by atoms with E-state index in [1.807, 2.05) is 61.2 Å². The quantitative estimate of drug-likeness (QED) is 0.548. The van der Waals surface area contributed by atoms with Gasteiger partial charge in [0, 0.05) is 29.3 Å². The first-order chi connectivity index (χ1) is 15.0. The van der Waals surface area contributed by atoms with E-state index in [0.29, 0.717) is 18.2 Å². The predicted molar refractivity (Wildman–Crippen MR) is 125 cm³/mol. The first kappa shape index (κ1) is 21.2. The molecular formula is C24H27N5OS. The van der Waals surface area contributed by atoms with Crippen LogP contribution in [0.2, 0.25) is 0 Å². The van der Waals surface area contributed by atoms with Gasteiger partial charge in [-0.2, -0.15) is 0 Å². The molecule has 0 saturated carbocycles. The van der Waals surface area contributed by atoms with Gasteiger partial charge in [-0.25, -0.2) is 15.0 Å². The van der Waals surface area contributed by atoms with E-state index in [9.17, 15) is 4.79 Å². The number of carbonyl (C=O) groups is 1. The molecule has 1 unspecified atom stereocenters. The Morgan fingerprint density at radius 3 is 2.68 bits per heavy atom. The Kier molecular flexibility index (Phi) is 6.42. The third-order valence-corrected chi connectivity index (χ3v) is 6.43. The van der Waals surface area contributed by atoms with Gasteiger partial charge >= 0.3 is 0 Å². The summed E-state index contributed by atoms with van der Waals surface area (Å²) in [6.07, 6.45) is 6.44. The van der Waals surface area contributed by atoms with Crippen LogP contribution in [0.3, 0.4) is 0 Å². The number of aromatic nitrogens is 3. The van der Waals surface area contributed by atoms with Gasteiger partial charge in [0.15, 0.2) is 11.0 Å². The fourth-order valence-electron chi connectivity index (χ4n) is 3.73. The summed E-state index contributed by atoms with van der Waals surface area (Å²) in [6, 6.07) is 11.7. The highest BCUT2D eigenvalue weighted by Gasteiger charge is 2.29. The number of hydrogen-bond donors (Lipinski definition) is 1. The summed E-state index contributed by atoms with van der Waals surface area (Å²) in [4.78, 5) is 30.1. The van der Waals surface area contributed by atoms with Gasteiger partial charge in [-0.15, -0.1) is 11.3 Å². The van der Waals surface area contributed by atoms with E-state index in [1.165, 1.54) is 4.88 Å². The molecule has 3 heterocycles. The first-order valence-electron chi connectivity index (χ1n) is 10.6. The smallest absolute Gasteiger partial charge is 0.247 e. The van der Waals surface area contributed by atoms with Crippen molar-refractivity contribution in [3.05, 3.63) is 70.1 Å². The van der Waals surface area contributed by atoms with Gasteiger partial charge in [0.1, 0.15) is 5.82 Å². The van der Waals surface area contributed by atoms with Gasteiger partial charge in [0.05, 0.1) is 11.7 Å². The molecule has 31 heavy (non-hydrogen) atoms. The Bertz CT molecular complexity index is 1070. The second kappa shape index (κ2) is 9.39. The van der Waals surface area contributed by atoms with Crippen LogP contribution in [0.1, 0.15) is 53.0 Å². The van der Waals surface area contributed by atoms with Gasteiger partial charge in [-0.3, -0.25) is 4.79 Å². The molecule has 0 bridgehead atoms. The summed E-state index contributed by atoms with van der Waals surface area (Å²) in [5.74, 6) is 1.40. The summed E-state index contributed by atoms with van der Waals surface area (Å²) >= 11 is 1.61. The fraction of sp³-hybridized carbons (Fsp3) is 0.333. The number of anilines is 2. The molecule has 1 fully saturated rings. The molecule has 6 nitrogen and oxygen atoms in total. The zero-order valence-electron chi connectivity index (χ0n) is 18.1. The lowest BCUT2D eigenvalue weighted by Gasteiger charge is -2.34. The standard InChI is InChI=1S/C24H27N5OS/c1-16-15-21(28-24-26-17(2)18(3)31-24)27-23(25-16)20-11-7-8-14-29(20)22(30)13-12-19-9-5-4-6-10-19/h4-6,9-10,12-13,15,20H,7-8,11,14H2,1-3H3,(H,25,26,27,28)/b13-12+. The molecule has 1 saturated heterocycles. The highest BCUT2D eigenvalue weighted by atomic mass is 32.1. The third-order valence-electron chi connectivity index (χ3n) is 5.44. The molecule has 1 aliphatic rings. The molecular weight excluding hydrogens is 406 g/mol. The van der Waals surface area contributed by atoms with Crippen molar-refractivity contribution in [1.82, 2.24) is 19.9 Å². The second-order valence-corrected chi connectivity index (χ2v) is 9.03. The number of benzene rings is 1. The van der Waals surface area contributed by atoms with Crippen molar-refractivity contribution in [3.8, 4) is 0 Å². The summed E-state index contributed by atoms with van der Waals surface area (Å²) in [6.45, 7) is 6.73. The normalized spacial score (nSPS) is 16.6. The van der Waals surface area contributed by atoms with E-state index < -0.39 is 0 Å². The van der Waals surface area contributed by atoms with Gasteiger partial charge in [0.25, 0.3) is 0 Å². The lowest BCUT2D eigenvalue weighted by atomic mass is 10.0. The summed E-state index contributed by atoms with van der Waals surface area (Å²) in [5.41, 5.74) is 2.90. The van der Waals surface area contributed by atoms with E-state index >= 15 is 0 Å². The van der Waals surface area contributed by atoms with Crippen LogP contribution in [0.15, 0.2) is 42.5 Å². The molecule has 160 valence electrons. The minimum atomic E-state index is -0.123. The zero-order chi connectivity index (χ0) is 21.8. The molecule has 0 aliphatic carbocycles. The second-order valence-electron chi connectivity index (χ2n) is 7.83. The van der Waals surface area contributed by atoms with Crippen LogP contribution in [-0.4, -0.2) is 32.3 Å². The van der Waals surface area contributed by atoms with Gasteiger partial charge in [-0.05, 0) is 51.7 Å². The lowest BCUT2D eigenvalue weighted by Crippen LogP contribution is -2.38. The third kappa shape index (κ3) is 5.17. The van der Waals surface area contributed by atoms with Crippen molar-refractivity contribution in [2.75, 3.05) is 11.9 Å². The summed E-state index contributed by atoms with van der Waals surface area (Å²) in [7, 11) is 0. The molecule has 0 radical (unpaired) electrons. The van der Waals surface area contributed by atoms with Crippen LogP contribution in [0.5, 0.6) is 0 Å². The summed E-state index contributed by atoms with van der Waals surface area (Å²) < 4.78 is 0. The molecule has 4 rings (SSSR count). The largest absolute Gasteiger partial charge is 0.329 e. The van der Waals surface area contributed by atoms with Crippen LogP contribution in [0.25, 0.3) is 6.08 Å². The lowest BCUT2D eigenvalue weighted by molar-refractivity contribution is -0.129. The van der Waals surface area contributed by atoms with Crippen LogP contribution >= 0.6 is 11.3 Å². The number of amides is 1. The molecule has 3 aromatic rings.